The standard InChI is InChI=1S/C26H23N5O2S/c1-15(2)17-8-10-19(11-9-17)31-29-21-12-16(3)20(14-22(21)30-31)27-26(34)28-25(32)24-13-18-6-4-5-7-23(18)33-24/h4-15H,1-3H3,(H2,27,28,32,34). The Hall–Kier alpha value is -4.04. The van der Waals surface area contributed by atoms with Gasteiger partial charge in [-0.05, 0) is 72.6 Å². The number of benzene rings is 3. The molecule has 5 rings (SSSR count). The highest BCUT2D eigenvalue weighted by Gasteiger charge is 2.15. The van der Waals surface area contributed by atoms with E-state index in [0.717, 1.165) is 27.8 Å². The topological polar surface area (TPSA) is 85.0 Å². The molecule has 2 N–H and O–H groups in total. The predicted molar refractivity (Wildman–Crippen MR) is 138 cm³/mol. The molecule has 1 amide bonds. The molecule has 170 valence electrons. The van der Waals surface area contributed by atoms with Gasteiger partial charge in [-0.15, -0.1) is 10.2 Å². The zero-order valence-electron chi connectivity index (χ0n) is 19.0. The molecule has 0 spiro atoms. The maximum atomic E-state index is 12.6. The summed E-state index contributed by atoms with van der Waals surface area (Å²) < 4.78 is 5.61. The fourth-order valence-electron chi connectivity index (χ4n) is 3.72. The molecule has 34 heavy (non-hydrogen) atoms. The molecule has 7 nitrogen and oxygen atoms in total. The van der Waals surface area contributed by atoms with Gasteiger partial charge >= 0.3 is 0 Å². The number of para-hydroxylation sites is 1. The van der Waals surface area contributed by atoms with Crippen LogP contribution in [-0.2, 0) is 0 Å². The van der Waals surface area contributed by atoms with E-state index in [9.17, 15) is 4.79 Å². The Labute approximate surface area is 201 Å². The third-order valence-corrected chi connectivity index (χ3v) is 5.85. The number of hydrogen-bond acceptors (Lipinski definition) is 5. The molecule has 0 bridgehead atoms. The van der Waals surface area contributed by atoms with Crippen molar-refractivity contribution in [3.63, 3.8) is 0 Å². The van der Waals surface area contributed by atoms with Crippen LogP contribution in [0.4, 0.5) is 5.69 Å². The van der Waals surface area contributed by atoms with Gasteiger partial charge in [0.25, 0.3) is 5.91 Å². The number of amides is 1. The summed E-state index contributed by atoms with van der Waals surface area (Å²) in [4.78, 5) is 14.2. The van der Waals surface area contributed by atoms with Crippen LogP contribution in [0.5, 0.6) is 0 Å². The summed E-state index contributed by atoms with van der Waals surface area (Å²) in [5, 5.41) is 16.0. The van der Waals surface area contributed by atoms with Gasteiger partial charge in [-0.25, -0.2) is 0 Å². The number of fused-ring (bicyclic) bond motifs is 2. The van der Waals surface area contributed by atoms with Gasteiger partial charge in [0.15, 0.2) is 10.9 Å². The normalized spacial score (nSPS) is 11.3. The highest BCUT2D eigenvalue weighted by atomic mass is 32.1. The summed E-state index contributed by atoms with van der Waals surface area (Å²) in [7, 11) is 0. The van der Waals surface area contributed by atoms with E-state index in [2.05, 4.69) is 46.8 Å². The van der Waals surface area contributed by atoms with E-state index in [1.54, 1.807) is 10.9 Å². The Morgan fingerprint density at radius 3 is 2.41 bits per heavy atom. The molecule has 8 heteroatoms. The maximum absolute atomic E-state index is 12.6. The molecule has 5 aromatic rings. The summed E-state index contributed by atoms with van der Waals surface area (Å²) in [6.45, 7) is 6.27. The monoisotopic (exact) mass is 469 g/mol. The van der Waals surface area contributed by atoms with Crippen molar-refractivity contribution >= 4 is 50.9 Å². The minimum Gasteiger partial charge on any atom is -0.451 e. The van der Waals surface area contributed by atoms with Gasteiger partial charge < -0.3 is 9.73 Å². The van der Waals surface area contributed by atoms with Crippen molar-refractivity contribution in [1.29, 1.82) is 0 Å². The molecule has 2 aromatic heterocycles. The second-order valence-electron chi connectivity index (χ2n) is 8.45. The zero-order chi connectivity index (χ0) is 23.8. The third kappa shape index (κ3) is 4.27. The number of thiocarbonyl (C=S) groups is 1. The number of nitrogens with one attached hydrogen (secondary N) is 2. The molecule has 0 aliphatic rings. The maximum Gasteiger partial charge on any atom is 0.293 e. The quantitative estimate of drug-likeness (QED) is 0.327. The van der Waals surface area contributed by atoms with Gasteiger partial charge in [-0.1, -0.05) is 44.2 Å². The van der Waals surface area contributed by atoms with E-state index in [1.165, 1.54) is 5.56 Å². The van der Waals surface area contributed by atoms with Gasteiger partial charge in [0.2, 0.25) is 0 Å². The summed E-state index contributed by atoms with van der Waals surface area (Å²) in [6, 6.07) is 21.2. The average Bonchev–Trinajstić information content (AvgIpc) is 3.43. The Balaban J connectivity index is 1.33. The van der Waals surface area contributed by atoms with Crippen molar-refractivity contribution in [2.75, 3.05) is 5.32 Å². The third-order valence-electron chi connectivity index (χ3n) is 5.64. The summed E-state index contributed by atoms with van der Waals surface area (Å²) in [6.07, 6.45) is 0. The number of aryl methyl sites for hydroxylation is 1. The van der Waals surface area contributed by atoms with Crippen molar-refractivity contribution < 1.29 is 9.21 Å². The Morgan fingerprint density at radius 1 is 1.00 bits per heavy atom. The van der Waals surface area contributed by atoms with Crippen LogP contribution in [-0.4, -0.2) is 26.0 Å². The van der Waals surface area contributed by atoms with Crippen molar-refractivity contribution in [2.24, 2.45) is 0 Å². The fourth-order valence-corrected chi connectivity index (χ4v) is 3.93. The molecule has 0 radical (unpaired) electrons. The van der Waals surface area contributed by atoms with E-state index in [0.29, 0.717) is 17.0 Å². The van der Waals surface area contributed by atoms with Crippen molar-refractivity contribution in [3.8, 4) is 5.69 Å². The zero-order valence-corrected chi connectivity index (χ0v) is 19.8. The minimum atomic E-state index is -0.414. The molecular weight excluding hydrogens is 446 g/mol. The molecule has 2 heterocycles. The molecular formula is C26H23N5O2S. The van der Waals surface area contributed by atoms with E-state index in [1.807, 2.05) is 55.5 Å². The van der Waals surface area contributed by atoms with Gasteiger partial charge in [0.05, 0.1) is 5.69 Å². The van der Waals surface area contributed by atoms with Crippen molar-refractivity contribution in [2.45, 2.75) is 26.7 Å². The molecule has 0 atom stereocenters. The number of anilines is 1. The molecule has 0 fully saturated rings. The van der Waals surface area contributed by atoms with Gasteiger partial charge in [-0.2, -0.15) is 4.80 Å². The SMILES string of the molecule is Cc1cc2nn(-c3ccc(C(C)C)cc3)nc2cc1NC(=S)NC(=O)c1cc2ccccc2o1. The van der Waals surface area contributed by atoms with E-state index >= 15 is 0 Å². The van der Waals surface area contributed by atoms with Crippen LogP contribution in [0, 0.1) is 6.92 Å². The van der Waals surface area contributed by atoms with Gasteiger partial charge in [0, 0.05) is 11.1 Å². The number of aromatic nitrogens is 3. The summed E-state index contributed by atoms with van der Waals surface area (Å²) in [5.41, 5.74) is 5.96. The Morgan fingerprint density at radius 2 is 1.71 bits per heavy atom. The molecule has 0 aliphatic carbocycles. The number of nitrogens with zero attached hydrogens (tertiary/aromatic N) is 3. The smallest absolute Gasteiger partial charge is 0.293 e. The first-order chi connectivity index (χ1) is 16.4. The number of hydrogen-bond donors (Lipinski definition) is 2. The van der Waals surface area contributed by atoms with Crippen molar-refractivity contribution in [3.05, 3.63) is 83.6 Å². The number of carbonyl (C=O) groups excluding carboxylic acids is 1. The Kier molecular flexibility index (Phi) is 5.59. The Bertz CT molecular complexity index is 1500. The molecule has 0 unspecified atom stereocenters. The fraction of sp³-hybridized carbons (Fsp3) is 0.154. The summed E-state index contributed by atoms with van der Waals surface area (Å²) >= 11 is 5.36. The number of rotatable bonds is 4. The lowest BCUT2D eigenvalue weighted by Crippen LogP contribution is -2.34. The van der Waals surface area contributed by atoms with Gasteiger partial charge in [-0.3, -0.25) is 10.1 Å². The van der Waals surface area contributed by atoms with Gasteiger partial charge in [0.1, 0.15) is 16.6 Å². The van der Waals surface area contributed by atoms with Crippen LogP contribution in [0.3, 0.4) is 0 Å². The lowest BCUT2D eigenvalue weighted by atomic mass is 10.0. The lowest BCUT2D eigenvalue weighted by molar-refractivity contribution is 0.0953. The highest BCUT2D eigenvalue weighted by Crippen LogP contribution is 2.23. The number of carbonyl (C=O) groups is 1. The van der Waals surface area contributed by atoms with Crippen LogP contribution in [0.2, 0.25) is 0 Å². The molecule has 0 saturated heterocycles. The predicted octanol–water partition coefficient (Wildman–Crippen LogP) is 5.73. The first-order valence-electron chi connectivity index (χ1n) is 11.0. The minimum absolute atomic E-state index is 0.171. The van der Waals surface area contributed by atoms with E-state index in [-0.39, 0.29) is 10.9 Å². The molecule has 3 aromatic carbocycles. The summed E-state index contributed by atoms with van der Waals surface area (Å²) in [5.74, 6) is 0.248. The average molecular weight is 470 g/mol. The van der Waals surface area contributed by atoms with Crippen LogP contribution in [0.25, 0.3) is 27.7 Å². The largest absolute Gasteiger partial charge is 0.451 e. The first-order valence-corrected chi connectivity index (χ1v) is 11.4. The second-order valence-corrected chi connectivity index (χ2v) is 8.86. The number of furan rings is 1. The van der Waals surface area contributed by atoms with Crippen LogP contribution >= 0.6 is 12.2 Å². The molecule has 0 saturated carbocycles. The van der Waals surface area contributed by atoms with Crippen molar-refractivity contribution in [1.82, 2.24) is 20.3 Å². The second kappa shape index (κ2) is 8.72. The van der Waals surface area contributed by atoms with Crippen LogP contribution in [0.1, 0.15) is 41.4 Å². The van der Waals surface area contributed by atoms with E-state index in [4.69, 9.17) is 16.6 Å². The highest BCUT2D eigenvalue weighted by molar-refractivity contribution is 7.80. The van der Waals surface area contributed by atoms with E-state index < -0.39 is 5.91 Å². The first kappa shape index (κ1) is 21.8. The van der Waals surface area contributed by atoms with Crippen LogP contribution < -0.4 is 10.6 Å². The molecule has 0 aliphatic heterocycles. The van der Waals surface area contributed by atoms with Crippen LogP contribution in [0.15, 0.2) is 71.1 Å². The lowest BCUT2D eigenvalue weighted by Gasteiger charge is -2.10.